The van der Waals surface area contributed by atoms with Crippen LogP contribution in [0.1, 0.15) is 35.8 Å². The Hall–Kier alpha value is -3.13. The van der Waals surface area contributed by atoms with E-state index in [1.54, 1.807) is 6.07 Å². The number of nitriles is 1. The molecule has 0 amide bonds. The molecule has 4 nitrogen and oxygen atoms in total. The number of halogens is 1. The molecule has 1 saturated heterocycles. The van der Waals surface area contributed by atoms with E-state index in [1.165, 1.54) is 11.6 Å². The lowest BCUT2D eigenvalue weighted by atomic mass is 10.1. The quantitative estimate of drug-likeness (QED) is 0.745. The first kappa shape index (κ1) is 16.3. The Kier molecular flexibility index (Phi) is 4.18. The minimum Gasteiger partial charge on any atom is -0.360 e. The number of nitrogens with zero attached hydrogens (tertiary/aromatic N) is 3. The second-order valence-corrected chi connectivity index (χ2v) is 6.65. The van der Waals surface area contributed by atoms with E-state index in [9.17, 15) is 9.65 Å². The molecule has 1 aliphatic rings. The molecule has 4 rings (SSSR count). The number of nitrogens with one attached hydrogen (secondary N) is 1. The molecule has 1 fully saturated rings. The molecule has 26 heavy (non-hydrogen) atoms. The summed E-state index contributed by atoms with van der Waals surface area (Å²) in [6.07, 6.45) is 3.74. The Morgan fingerprint density at radius 1 is 1.27 bits per heavy atom. The van der Waals surface area contributed by atoms with Gasteiger partial charge in [0.15, 0.2) is 0 Å². The van der Waals surface area contributed by atoms with Crippen LogP contribution in [0.2, 0.25) is 0 Å². The second kappa shape index (κ2) is 6.64. The molecule has 0 radical (unpaired) electrons. The maximum Gasteiger partial charge on any atom is 0.143 e. The predicted molar refractivity (Wildman–Crippen MR) is 99.2 cm³/mol. The minimum absolute atomic E-state index is 0.0162. The number of aromatic amines is 1. The van der Waals surface area contributed by atoms with Crippen LogP contribution >= 0.6 is 0 Å². The van der Waals surface area contributed by atoms with E-state index < -0.39 is 5.82 Å². The van der Waals surface area contributed by atoms with Crippen LogP contribution in [0.15, 0.2) is 48.7 Å². The van der Waals surface area contributed by atoms with Crippen LogP contribution in [-0.4, -0.2) is 16.5 Å². The highest BCUT2D eigenvalue weighted by Crippen LogP contribution is 2.37. The number of imidazole rings is 1. The number of anilines is 1. The fraction of sp³-hybridized carbons (Fsp3) is 0.238. The van der Waals surface area contributed by atoms with Crippen LogP contribution in [0.4, 0.5) is 10.1 Å². The molecule has 1 atom stereocenters. The molecular formula is C21H19FN4. The first-order valence-corrected chi connectivity index (χ1v) is 8.74. The van der Waals surface area contributed by atoms with Gasteiger partial charge in [-0.2, -0.15) is 5.26 Å². The van der Waals surface area contributed by atoms with Gasteiger partial charge < -0.3 is 9.88 Å². The third kappa shape index (κ3) is 2.84. The van der Waals surface area contributed by atoms with Crippen molar-refractivity contribution < 1.29 is 4.39 Å². The van der Waals surface area contributed by atoms with E-state index >= 15 is 0 Å². The second-order valence-electron chi connectivity index (χ2n) is 6.65. The highest BCUT2D eigenvalue weighted by molar-refractivity contribution is 5.62. The van der Waals surface area contributed by atoms with Crippen LogP contribution in [0.5, 0.6) is 0 Å². The summed E-state index contributed by atoms with van der Waals surface area (Å²) in [5, 5.41) is 9.36. The normalized spacial score (nSPS) is 16.7. The molecule has 130 valence electrons. The van der Waals surface area contributed by atoms with Gasteiger partial charge in [0.05, 0.1) is 23.6 Å². The summed E-state index contributed by atoms with van der Waals surface area (Å²) >= 11 is 0. The van der Waals surface area contributed by atoms with Crippen molar-refractivity contribution in [3.8, 4) is 17.3 Å². The summed E-state index contributed by atoms with van der Waals surface area (Å²) in [5.74, 6) is 0.378. The fourth-order valence-electron chi connectivity index (χ4n) is 3.67. The smallest absolute Gasteiger partial charge is 0.143 e. The van der Waals surface area contributed by atoms with Crippen molar-refractivity contribution in [3.63, 3.8) is 0 Å². The lowest BCUT2D eigenvalue weighted by molar-refractivity contribution is 0.619. The lowest BCUT2D eigenvalue weighted by Gasteiger charge is -2.26. The number of hydrogen-bond donors (Lipinski definition) is 1. The number of aromatic nitrogens is 2. The van der Waals surface area contributed by atoms with E-state index in [0.717, 1.165) is 36.5 Å². The van der Waals surface area contributed by atoms with Crippen molar-refractivity contribution in [1.29, 1.82) is 5.26 Å². The Labute approximate surface area is 151 Å². The highest BCUT2D eigenvalue weighted by atomic mass is 19.1. The number of aryl methyl sites for hydroxylation is 1. The number of H-pyrrole nitrogens is 1. The van der Waals surface area contributed by atoms with Crippen LogP contribution in [0.25, 0.3) is 11.3 Å². The predicted octanol–water partition coefficient (Wildman–Crippen LogP) is 4.74. The molecule has 1 N–H and O–H groups in total. The van der Waals surface area contributed by atoms with E-state index in [-0.39, 0.29) is 11.6 Å². The van der Waals surface area contributed by atoms with Gasteiger partial charge in [0.1, 0.15) is 23.3 Å². The van der Waals surface area contributed by atoms with Gasteiger partial charge in [-0.15, -0.1) is 0 Å². The average Bonchev–Trinajstić information content (AvgIpc) is 3.30. The standard InChI is InChI=1S/C21H19FN4/c1-14-5-2-6-15(11-14)18-13-24-21(25-18)20-9-4-10-26(20)19-8-3-7-17(22)16(19)12-23/h2-3,5-8,11,13,20H,4,9-10H2,1H3,(H,24,25)/t20-/m0/s1. The molecule has 1 aromatic heterocycles. The largest absolute Gasteiger partial charge is 0.360 e. The van der Waals surface area contributed by atoms with Crippen molar-refractivity contribution in [2.24, 2.45) is 0 Å². The van der Waals surface area contributed by atoms with Crippen LogP contribution in [0.3, 0.4) is 0 Å². The van der Waals surface area contributed by atoms with Gasteiger partial charge in [0, 0.05) is 6.54 Å². The molecule has 0 aliphatic carbocycles. The number of hydrogen-bond acceptors (Lipinski definition) is 3. The van der Waals surface area contributed by atoms with E-state index in [2.05, 4.69) is 40.0 Å². The van der Waals surface area contributed by atoms with E-state index in [4.69, 9.17) is 0 Å². The average molecular weight is 346 g/mol. The summed E-state index contributed by atoms with van der Waals surface area (Å²) in [7, 11) is 0. The van der Waals surface area contributed by atoms with Gasteiger partial charge in [-0.05, 0) is 43.5 Å². The Morgan fingerprint density at radius 3 is 2.92 bits per heavy atom. The van der Waals surface area contributed by atoms with Crippen molar-refractivity contribution in [2.75, 3.05) is 11.4 Å². The minimum atomic E-state index is -0.476. The van der Waals surface area contributed by atoms with E-state index in [0.29, 0.717) is 5.69 Å². The Bertz CT molecular complexity index is 986. The lowest BCUT2D eigenvalue weighted by Crippen LogP contribution is -2.24. The van der Waals surface area contributed by atoms with E-state index in [1.807, 2.05) is 24.4 Å². The highest BCUT2D eigenvalue weighted by Gasteiger charge is 2.30. The molecule has 0 spiro atoms. The first-order chi connectivity index (χ1) is 12.7. The first-order valence-electron chi connectivity index (χ1n) is 8.74. The third-order valence-corrected chi connectivity index (χ3v) is 4.91. The van der Waals surface area contributed by atoms with Gasteiger partial charge in [0.2, 0.25) is 0 Å². The topological polar surface area (TPSA) is 55.7 Å². The van der Waals surface area contributed by atoms with Crippen LogP contribution in [0, 0.1) is 24.1 Å². The number of rotatable bonds is 3. The van der Waals surface area contributed by atoms with Gasteiger partial charge in [-0.25, -0.2) is 9.37 Å². The Balaban J connectivity index is 1.68. The van der Waals surface area contributed by atoms with Gasteiger partial charge >= 0.3 is 0 Å². The summed E-state index contributed by atoms with van der Waals surface area (Å²) in [6.45, 7) is 2.84. The molecule has 5 heteroatoms. The van der Waals surface area contributed by atoms with Gasteiger partial charge in [-0.3, -0.25) is 0 Å². The molecular weight excluding hydrogens is 327 g/mol. The Morgan fingerprint density at radius 2 is 2.12 bits per heavy atom. The maximum atomic E-state index is 14.0. The molecule has 0 unspecified atom stereocenters. The monoisotopic (exact) mass is 346 g/mol. The summed E-state index contributed by atoms with van der Waals surface area (Å²) in [5.41, 5.74) is 4.00. The SMILES string of the molecule is Cc1cccc(-c2cnc([C@@H]3CCCN3c3cccc(F)c3C#N)[nH]2)c1. The summed E-state index contributed by atoms with van der Waals surface area (Å²) in [4.78, 5) is 10.1. The molecule has 1 aliphatic heterocycles. The zero-order valence-corrected chi connectivity index (χ0v) is 14.5. The molecule has 0 bridgehead atoms. The van der Waals surface area contributed by atoms with Crippen molar-refractivity contribution in [1.82, 2.24) is 9.97 Å². The zero-order chi connectivity index (χ0) is 18.1. The van der Waals surface area contributed by atoms with Gasteiger partial charge in [-0.1, -0.05) is 29.8 Å². The summed E-state index contributed by atoms with van der Waals surface area (Å²) in [6, 6.07) is 15.1. The molecule has 2 aromatic carbocycles. The maximum absolute atomic E-state index is 14.0. The van der Waals surface area contributed by atoms with Gasteiger partial charge in [0.25, 0.3) is 0 Å². The van der Waals surface area contributed by atoms with Crippen LogP contribution in [-0.2, 0) is 0 Å². The van der Waals surface area contributed by atoms with Crippen molar-refractivity contribution >= 4 is 5.69 Å². The molecule has 2 heterocycles. The van der Waals surface area contributed by atoms with Crippen LogP contribution < -0.4 is 4.90 Å². The molecule has 0 saturated carbocycles. The number of benzene rings is 2. The van der Waals surface area contributed by atoms with Crippen molar-refractivity contribution in [2.45, 2.75) is 25.8 Å². The van der Waals surface area contributed by atoms with Crippen molar-refractivity contribution in [3.05, 3.63) is 71.4 Å². The summed E-state index contributed by atoms with van der Waals surface area (Å²) < 4.78 is 14.0. The zero-order valence-electron chi connectivity index (χ0n) is 14.5. The third-order valence-electron chi connectivity index (χ3n) is 4.91. The fourth-order valence-corrected chi connectivity index (χ4v) is 3.67. The molecule has 3 aromatic rings.